The molecule has 2 heterocycles. The maximum atomic E-state index is 3.63. The maximum absolute atomic E-state index is 3.63. The van der Waals surface area contributed by atoms with Crippen LogP contribution >= 0.6 is 0 Å². The number of hydrogen-bond acceptors (Lipinski definition) is 3. The number of nitrogens with zero attached hydrogens (tertiary/aromatic N) is 1. The average molecular weight is 225 g/mol. The molecule has 2 aliphatic heterocycles. The molecule has 0 aliphatic carbocycles. The molecule has 1 unspecified atom stereocenters. The van der Waals surface area contributed by atoms with Gasteiger partial charge in [-0.2, -0.15) is 0 Å². The van der Waals surface area contributed by atoms with E-state index in [0.29, 0.717) is 0 Å². The van der Waals surface area contributed by atoms with Crippen LogP contribution in [-0.4, -0.2) is 51.2 Å². The molecular formula is C13H27N3. The van der Waals surface area contributed by atoms with Gasteiger partial charge in [-0.05, 0) is 83.8 Å². The molecule has 16 heavy (non-hydrogen) atoms. The summed E-state index contributed by atoms with van der Waals surface area (Å²) in [4.78, 5) is 2.45. The van der Waals surface area contributed by atoms with Crippen LogP contribution in [0.2, 0.25) is 0 Å². The Morgan fingerprint density at radius 1 is 1.19 bits per heavy atom. The number of piperidine rings is 1. The van der Waals surface area contributed by atoms with Crippen LogP contribution in [-0.2, 0) is 0 Å². The molecule has 0 amide bonds. The summed E-state index contributed by atoms with van der Waals surface area (Å²) in [5.41, 5.74) is 0. The second-order valence-electron chi connectivity index (χ2n) is 5.60. The van der Waals surface area contributed by atoms with E-state index in [2.05, 4.69) is 22.6 Å². The fourth-order valence-electron chi connectivity index (χ4n) is 2.85. The Morgan fingerprint density at radius 2 is 2.00 bits per heavy atom. The Balaban J connectivity index is 1.48. The Labute approximate surface area is 100.0 Å². The Morgan fingerprint density at radius 3 is 2.69 bits per heavy atom. The number of rotatable bonds is 5. The van der Waals surface area contributed by atoms with Crippen LogP contribution in [0, 0.1) is 11.8 Å². The summed E-state index contributed by atoms with van der Waals surface area (Å²) < 4.78 is 0. The van der Waals surface area contributed by atoms with Crippen molar-refractivity contribution in [3.8, 4) is 0 Å². The molecular weight excluding hydrogens is 198 g/mol. The van der Waals surface area contributed by atoms with Crippen molar-refractivity contribution in [2.75, 3.05) is 46.3 Å². The molecule has 0 saturated carbocycles. The van der Waals surface area contributed by atoms with Gasteiger partial charge in [0.25, 0.3) is 0 Å². The lowest BCUT2D eigenvalue weighted by molar-refractivity contribution is 0.211. The number of nitrogens with one attached hydrogen (secondary N) is 2. The molecule has 2 fully saturated rings. The largest absolute Gasteiger partial charge is 0.316 e. The fraction of sp³-hybridized carbons (Fsp3) is 1.00. The van der Waals surface area contributed by atoms with Crippen molar-refractivity contribution in [3.05, 3.63) is 0 Å². The van der Waals surface area contributed by atoms with Crippen LogP contribution in [0.5, 0.6) is 0 Å². The van der Waals surface area contributed by atoms with Crippen molar-refractivity contribution in [3.63, 3.8) is 0 Å². The predicted octanol–water partition coefficient (Wildman–Crippen LogP) is 0.917. The van der Waals surface area contributed by atoms with Crippen molar-refractivity contribution in [2.45, 2.75) is 25.7 Å². The monoisotopic (exact) mass is 225 g/mol. The predicted molar refractivity (Wildman–Crippen MR) is 68.7 cm³/mol. The fourth-order valence-corrected chi connectivity index (χ4v) is 2.85. The summed E-state index contributed by atoms with van der Waals surface area (Å²) >= 11 is 0. The van der Waals surface area contributed by atoms with Crippen molar-refractivity contribution >= 4 is 0 Å². The van der Waals surface area contributed by atoms with E-state index >= 15 is 0 Å². The summed E-state index contributed by atoms with van der Waals surface area (Å²) in [6.45, 7) is 7.50. The summed E-state index contributed by atoms with van der Waals surface area (Å²) in [6.07, 6.45) is 5.56. The summed E-state index contributed by atoms with van der Waals surface area (Å²) in [5.74, 6) is 1.86. The van der Waals surface area contributed by atoms with Gasteiger partial charge in [-0.15, -0.1) is 0 Å². The third-order valence-corrected chi connectivity index (χ3v) is 4.16. The van der Waals surface area contributed by atoms with Crippen LogP contribution in [0.25, 0.3) is 0 Å². The van der Waals surface area contributed by atoms with Crippen LogP contribution in [0.3, 0.4) is 0 Å². The molecule has 3 nitrogen and oxygen atoms in total. The molecule has 0 aromatic heterocycles. The zero-order chi connectivity index (χ0) is 11.2. The summed E-state index contributed by atoms with van der Waals surface area (Å²) in [5, 5.41) is 7.05. The highest BCUT2D eigenvalue weighted by Gasteiger charge is 2.17. The first-order valence-electron chi connectivity index (χ1n) is 6.94. The first kappa shape index (κ1) is 12.3. The summed E-state index contributed by atoms with van der Waals surface area (Å²) in [7, 11) is 2.24. The molecule has 0 bridgehead atoms. The zero-order valence-corrected chi connectivity index (χ0v) is 10.7. The minimum absolute atomic E-state index is 0.887. The topological polar surface area (TPSA) is 27.3 Å². The molecule has 0 spiro atoms. The number of likely N-dealkylation sites (tertiary alicyclic amines) is 1. The standard InChI is InChI=1S/C13H27N3/c1-16-8-4-12(5-9-16)2-6-14-10-13-3-7-15-11-13/h12-15H,2-11H2,1H3. The van der Waals surface area contributed by atoms with E-state index in [0.717, 1.165) is 11.8 Å². The maximum Gasteiger partial charge on any atom is -0.000790 e. The molecule has 3 heteroatoms. The van der Waals surface area contributed by atoms with Crippen LogP contribution in [0.1, 0.15) is 25.7 Å². The SMILES string of the molecule is CN1CCC(CCNCC2CCNC2)CC1. The van der Waals surface area contributed by atoms with E-state index in [1.165, 1.54) is 65.0 Å². The zero-order valence-electron chi connectivity index (χ0n) is 10.7. The van der Waals surface area contributed by atoms with E-state index in [1.54, 1.807) is 0 Å². The van der Waals surface area contributed by atoms with Crippen LogP contribution in [0.15, 0.2) is 0 Å². The molecule has 2 aliphatic rings. The van der Waals surface area contributed by atoms with E-state index in [4.69, 9.17) is 0 Å². The van der Waals surface area contributed by atoms with Gasteiger partial charge in [0.15, 0.2) is 0 Å². The van der Waals surface area contributed by atoms with Gasteiger partial charge in [0.1, 0.15) is 0 Å². The van der Waals surface area contributed by atoms with Gasteiger partial charge in [0, 0.05) is 0 Å². The molecule has 0 radical (unpaired) electrons. The second kappa shape index (κ2) is 6.58. The minimum Gasteiger partial charge on any atom is -0.316 e. The lowest BCUT2D eigenvalue weighted by Gasteiger charge is -2.29. The molecule has 2 rings (SSSR count). The van der Waals surface area contributed by atoms with E-state index < -0.39 is 0 Å². The van der Waals surface area contributed by atoms with Gasteiger partial charge in [0.05, 0.1) is 0 Å². The Bertz CT molecular complexity index is 182. The van der Waals surface area contributed by atoms with Gasteiger partial charge in [-0.3, -0.25) is 0 Å². The number of hydrogen-bond donors (Lipinski definition) is 2. The van der Waals surface area contributed by atoms with E-state index in [9.17, 15) is 0 Å². The molecule has 0 aromatic carbocycles. The highest BCUT2D eigenvalue weighted by atomic mass is 15.1. The summed E-state index contributed by atoms with van der Waals surface area (Å²) in [6, 6.07) is 0. The first-order valence-corrected chi connectivity index (χ1v) is 6.94. The first-order chi connectivity index (χ1) is 7.84. The van der Waals surface area contributed by atoms with Crippen molar-refractivity contribution in [1.82, 2.24) is 15.5 Å². The van der Waals surface area contributed by atoms with Gasteiger partial charge in [-0.25, -0.2) is 0 Å². The van der Waals surface area contributed by atoms with Gasteiger partial charge in [0.2, 0.25) is 0 Å². The molecule has 94 valence electrons. The lowest BCUT2D eigenvalue weighted by atomic mass is 9.94. The lowest BCUT2D eigenvalue weighted by Crippen LogP contribution is -2.32. The highest BCUT2D eigenvalue weighted by Crippen LogP contribution is 2.18. The molecule has 2 N–H and O–H groups in total. The Kier molecular flexibility index (Phi) is 5.07. The highest BCUT2D eigenvalue weighted by molar-refractivity contribution is 4.74. The van der Waals surface area contributed by atoms with Gasteiger partial charge < -0.3 is 15.5 Å². The second-order valence-corrected chi connectivity index (χ2v) is 5.60. The molecule has 0 aromatic rings. The Hall–Kier alpha value is -0.120. The van der Waals surface area contributed by atoms with Gasteiger partial charge in [-0.1, -0.05) is 0 Å². The quantitative estimate of drug-likeness (QED) is 0.681. The molecule has 1 atom stereocenters. The van der Waals surface area contributed by atoms with Crippen molar-refractivity contribution in [2.24, 2.45) is 11.8 Å². The van der Waals surface area contributed by atoms with Crippen LogP contribution < -0.4 is 10.6 Å². The van der Waals surface area contributed by atoms with E-state index in [-0.39, 0.29) is 0 Å². The minimum atomic E-state index is 0.887. The smallest absolute Gasteiger partial charge is 0.000790 e. The third kappa shape index (κ3) is 4.04. The molecule has 2 saturated heterocycles. The van der Waals surface area contributed by atoms with Crippen molar-refractivity contribution < 1.29 is 0 Å². The van der Waals surface area contributed by atoms with Crippen LogP contribution in [0.4, 0.5) is 0 Å². The van der Waals surface area contributed by atoms with E-state index in [1.807, 2.05) is 0 Å². The normalized spacial score (nSPS) is 28.7. The van der Waals surface area contributed by atoms with Gasteiger partial charge >= 0.3 is 0 Å². The average Bonchev–Trinajstić information content (AvgIpc) is 2.80. The van der Waals surface area contributed by atoms with Crippen molar-refractivity contribution in [1.29, 1.82) is 0 Å². The third-order valence-electron chi connectivity index (χ3n) is 4.16.